The van der Waals surface area contributed by atoms with Gasteiger partial charge >= 0.3 is 12.1 Å². The number of carbonyl (C=O) groups excluding carboxylic acids is 5. The molecule has 0 saturated carbocycles. The number of hydrogen-bond donors (Lipinski definition) is 6. The van der Waals surface area contributed by atoms with E-state index in [9.17, 15) is 33.6 Å². The van der Waals surface area contributed by atoms with Crippen molar-refractivity contribution in [1.29, 1.82) is 0 Å². The lowest BCUT2D eigenvalue weighted by molar-refractivity contribution is -0.133. The van der Waals surface area contributed by atoms with Gasteiger partial charge in [0.15, 0.2) is 5.82 Å². The summed E-state index contributed by atoms with van der Waals surface area (Å²) >= 11 is 7.81. The zero-order chi connectivity index (χ0) is 44.0. The number of nitrogens with zero attached hydrogens (tertiary/aromatic N) is 4. The molecule has 1 unspecified atom stereocenters. The summed E-state index contributed by atoms with van der Waals surface area (Å²) in [6.45, 7) is 5.43. The van der Waals surface area contributed by atoms with Gasteiger partial charge in [0, 0.05) is 17.6 Å². The van der Waals surface area contributed by atoms with Crippen molar-refractivity contribution in [3.05, 3.63) is 88.8 Å². The summed E-state index contributed by atoms with van der Waals surface area (Å²) in [5.74, 6) is -2.69. The van der Waals surface area contributed by atoms with Crippen molar-refractivity contribution in [2.45, 2.75) is 78.2 Å². The predicted molar refractivity (Wildman–Crippen MR) is 237 cm³/mol. The third kappa shape index (κ3) is 10.6. The van der Waals surface area contributed by atoms with Gasteiger partial charge in [-0.3, -0.25) is 29.3 Å². The van der Waals surface area contributed by atoms with Crippen molar-refractivity contribution in [3.8, 4) is 0 Å². The number of para-hydroxylation sites is 1. The highest BCUT2D eigenvalue weighted by molar-refractivity contribution is 9.13. The van der Waals surface area contributed by atoms with E-state index in [1.807, 2.05) is 24.3 Å². The molecule has 0 aliphatic carbocycles. The first-order valence-corrected chi connectivity index (χ1v) is 21.9. The number of amides is 6. The van der Waals surface area contributed by atoms with Crippen LogP contribution in [0, 0.1) is 11.8 Å². The van der Waals surface area contributed by atoms with Gasteiger partial charge in [-0.15, -0.1) is 11.3 Å². The predicted octanol–water partition coefficient (Wildman–Crippen LogP) is 4.74. The monoisotopic (exact) mass is 982 g/mol. The van der Waals surface area contributed by atoms with Gasteiger partial charge in [-0.25, -0.2) is 28.9 Å². The van der Waals surface area contributed by atoms with E-state index in [1.54, 1.807) is 49.4 Å². The number of thiazole rings is 1. The highest BCUT2D eigenvalue weighted by Crippen LogP contribution is 2.34. The first-order chi connectivity index (χ1) is 29.1. The molecule has 18 nitrogen and oxygen atoms in total. The summed E-state index contributed by atoms with van der Waals surface area (Å²) in [6, 6.07) is 11.3. The number of anilines is 2. The van der Waals surface area contributed by atoms with Gasteiger partial charge in [-0.1, -0.05) is 51.1 Å². The van der Waals surface area contributed by atoms with E-state index in [4.69, 9.17) is 15.5 Å². The Labute approximate surface area is 369 Å². The molecule has 0 fully saturated rings. The Morgan fingerprint density at radius 1 is 0.918 bits per heavy atom. The maximum Gasteiger partial charge on any atom is 0.413 e. The van der Waals surface area contributed by atoms with Gasteiger partial charge in [-0.05, 0) is 87.2 Å². The average molecular weight is 985 g/mol. The number of aryl methyl sites for hydroxylation is 1. The smallest absolute Gasteiger partial charge is 0.413 e. The fraction of sp³-hybridized carbons (Fsp3) is 0.375. The number of hydrogen-bond acceptors (Lipinski definition) is 11. The summed E-state index contributed by atoms with van der Waals surface area (Å²) in [5.41, 5.74) is 6.56. The Kier molecular flexibility index (Phi) is 14.6. The number of aromatic nitrogens is 4. The number of ether oxygens (including phenoxy) is 1. The Morgan fingerprint density at radius 3 is 2.23 bits per heavy atom. The van der Waals surface area contributed by atoms with Crippen LogP contribution in [0.2, 0.25) is 0 Å². The minimum Gasteiger partial charge on any atom is -0.444 e. The normalized spacial score (nSPS) is 13.4. The number of rotatable bonds is 16. The summed E-state index contributed by atoms with van der Waals surface area (Å²) < 4.78 is 8.89. The minimum atomic E-state index is -1.10. The van der Waals surface area contributed by atoms with Crippen molar-refractivity contribution >= 4 is 106 Å². The second-order valence-electron chi connectivity index (χ2n) is 14.7. The molecule has 61 heavy (non-hydrogen) atoms. The highest BCUT2D eigenvalue weighted by atomic mass is 79.9. The zero-order valence-electron chi connectivity index (χ0n) is 33.4. The molecule has 322 valence electrons. The number of urea groups is 1. The summed E-state index contributed by atoms with van der Waals surface area (Å²) in [5, 5.41) is 15.4. The molecule has 0 bridgehead atoms. The quantitative estimate of drug-likeness (QED) is 0.0742. The molecule has 0 radical (unpaired) electrons. The van der Waals surface area contributed by atoms with Crippen molar-refractivity contribution in [1.82, 2.24) is 35.3 Å². The van der Waals surface area contributed by atoms with Gasteiger partial charge in [0.05, 0.1) is 34.2 Å². The van der Waals surface area contributed by atoms with Crippen molar-refractivity contribution in [3.63, 3.8) is 0 Å². The molecule has 21 heteroatoms. The topological polar surface area (TPSA) is 251 Å². The summed E-state index contributed by atoms with van der Waals surface area (Å²) in [6.07, 6.45) is 1.40. The molecule has 2 aromatic carbocycles. The van der Waals surface area contributed by atoms with Crippen LogP contribution in [0.3, 0.4) is 0 Å². The third-order valence-electron chi connectivity index (χ3n) is 9.89. The molecule has 5 aromatic rings. The second-order valence-corrected chi connectivity index (χ2v) is 17.4. The Bertz CT molecular complexity index is 2570. The number of fused-ring (bicyclic) bond motifs is 4. The zero-order valence-corrected chi connectivity index (χ0v) is 37.4. The van der Waals surface area contributed by atoms with Crippen molar-refractivity contribution < 1.29 is 28.7 Å². The first-order valence-electron chi connectivity index (χ1n) is 19.5. The summed E-state index contributed by atoms with van der Waals surface area (Å²) in [7, 11) is 0. The molecular weight excluding hydrogens is 940 g/mol. The molecule has 2 atom stereocenters. The van der Waals surface area contributed by atoms with Gasteiger partial charge in [0.2, 0.25) is 17.7 Å². The number of carbonyl (C=O) groups is 5. The van der Waals surface area contributed by atoms with E-state index in [0.717, 1.165) is 33.5 Å². The van der Waals surface area contributed by atoms with E-state index in [2.05, 4.69) is 70.4 Å². The standard InChI is InChI=1S/C40H44Br2N10O8S/c1-4-8-27-48-31-32(61-27)24-9-5-6-10-25(24)46-33(31)50-40(59)60-19-21-12-14-23(15-13-21)45-35(54)26(11-7-16-44-39(43)58)47-36(55)30(20(2)3)49-34(53)22-17-51-37(56)28(41)29(42)38(57)52(51)18-22/h5-6,9-10,12-15,20,22,26,30H,4,7-8,11,16-19H2,1-3H3,(H,45,54)(H,47,55)(H,49,53)(H3,43,44,58)(H,46,50,59)/t26-,30?/m0/s1. The molecule has 7 N–H and O–H groups in total. The van der Waals surface area contributed by atoms with Gasteiger partial charge in [-0.2, -0.15) is 0 Å². The Hall–Kier alpha value is -5.67. The molecule has 0 saturated heterocycles. The number of halogens is 2. The average Bonchev–Trinajstić information content (AvgIpc) is 3.88. The van der Waals surface area contributed by atoms with Gasteiger partial charge < -0.3 is 31.7 Å². The number of nitrogens with two attached hydrogens (primary N) is 1. The van der Waals surface area contributed by atoms with Gasteiger partial charge in [0.1, 0.15) is 33.2 Å². The lowest BCUT2D eigenvalue weighted by Crippen LogP contribution is -2.55. The SMILES string of the molecule is CCCc1nc2c(NC(=O)OCc3ccc(NC(=O)[C@H](CCCNC(N)=O)NC(=O)C(NC(=O)C4Cn5c(=O)c(Br)c(Br)c(=O)n5C4)C(C)C)cc3)nc3ccccc3c2s1. The number of nitrogens with one attached hydrogen (secondary N) is 5. The van der Waals surface area contributed by atoms with Crippen molar-refractivity contribution in [2.75, 3.05) is 17.2 Å². The largest absolute Gasteiger partial charge is 0.444 e. The molecular formula is C40H44Br2N10O8S. The van der Waals surface area contributed by atoms with E-state index in [0.29, 0.717) is 22.6 Å². The number of primary amides is 1. The lowest BCUT2D eigenvalue weighted by atomic mass is 10.0. The molecule has 1 aliphatic heterocycles. The van der Waals surface area contributed by atoms with Gasteiger partial charge in [0.25, 0.3) is 11.1 Å². The van der Waals surface area contributed by atoms with E-state index >= 15 is 0 Å². The van der Waals surface area contributed by atoms with Crippen molar-refractivity contribution in [2.24, 2.45) is 17.6 Å². The van der Waals surface area contributed by atoms with E-state index < -0.39 is 64.9 Å². The third-order valence-corrected chi connectivity index (χ3v) is 13.0. The summed E-state index contributed by atoms with van der Waals surface area (Å²) in [4.78, 5) is 99.9. The van der Waals surface area contributed by atoms with Crippen LogP contribution >= 0.6 is 43.2 Å². The molecule has 6 amide bonds. The van der Waals surface area contributed by atoms with Crippen LogP contribution in [-0.2, 0) is 45.2 Å². The lowest BCUT2D eigenvalue weighted by Gasteiger charge is -2.26. The van der Waals surface area contributed by atoms with Crippen LogP contribution < -0.4 is 43.4 Å². The first kappa shape index (κ1) is 44.9. The van der Waals surface area contributed by atoms with Crippen LogP contribution in [0.25, 0.3) is 21.1 Å². The molecule has 1 aliphatic rings. The molecule has 6 rings (SSSR count). The fourth-order valence-corrected chi connectivity index (χ4v) is 8.69. The van der Waals surface area contributed by atoms with Crippen LogP contribution in [0.5, 0.6) is 0 Å². The number of benzene rings is 2. The Balaban J connectivity index is 1.07. The van der Waals surface area contributed by atoms with Crippen LogP contribution in [0.1, 0.15) is 50.6 Å². The highest BCUT2D eigenvalue weighted by Gasteiger charge is 2.35. The maximum atomic E-state index is 13.7. The number of pyridine rings is 1. The maximum absolute atomic E-state index is 13.7. The van der Waals surface area contributed by atoms with E-state index in [1.165, 1.54) is 9.36 Å². The van der Waals surface area contributed by atoms with E-state index in [-0.39, 0.29) is 48.0 Å². The van der Waals surface area contributed by atoms with Crippen LogP contribution in [0.4, 0.5) is 21.1 Å². The Morgan fingerprint density at radius 2 is 1.59 bits per heavy atom. The van der Waals surface area contributed by atoms with Crippen LogP contribution in [0.15, 0.2) is 67.1 Å². The molecule has 0 spiro atoms. The second kappa shape index (κ2) is 19.8. The molecule has 3 aromatic heterocycles. The van der Waals surface area contributed by atoms with Crippen LogP contribution in [-0.4, -0.2) is 67.8 Å². The minimum absolute atomic E-state index is 0.0451. The fourth-order valence-electron chi connectivity index (χ4n) is 6.74. The molecule has 4 heterocycles.